The quantitative estimate of drug-likeness (QED) is 0.903. The standard InChI is InChI=1S/C13H19N5OS/c1-13(2,3)9-7-20-12(16-9)17-11(19)10(14)8-5-15-18(4)6-8/h5-7,10H,14H2,1-4H3,(H,16,17,19). The predicted molar refractivity (Wildman–Crippen MR) is 79.6 cm³/mol. The number of anilines is 1. The Bertz CT molecular complexity index is 610. The van der Waals surface area contributed by atoms with Gasteiger partial charge in [-0.25, -0.2) is 4.98 Å². The Labute approximate surface area is 122 Å². The fourth-order valence-corrected chi connectivity index (χ4v) is 2.55. The first kappa shape index (κ1) is 14.7. The summed E-state index contributed by atoms with van der Waals surface area (Å²) < 4.78 is 1.61. The van der Waals surface area contributed by atoms with Crippen molar-refractivity contribution in [3.63, 3.8) is 0 Å². The van der Waals surface area contributed by atoms with Gasteiger partial charge in [-0.05, 0) is 0 Å². The molecule has 3 N–H and O–H groups in total. The number of nitrogens with zero attached hydrogens (tertiary/aromatic N) is 3. The molecule has 0 fully saturated rings. The van der Waals surface area contributed by atoms with Gasteiger partial charge in [-0.3, -0.25) is 9.48 Å². The molecule has 20 heavy (non-hydrogen) atoms. The van der Waals surface area contributed by atoms with Crippen molar-refractivity contribution in [2.75, 3.05) is 5.32 Å². The average Bonchev–Trinajstić information content (AvgIpc) is 2.96. The topological polar surface area (TPSA) is 85.8 Å². The zero-order valence-electron chi connectivity index (χ0n) is 12.0. The van der Waals surface area contributed by atoms with Crippen LogP contribution in [0, 0.1) is 0 Å². The number of rotatable bonds is 3. The maximum atomic E-state index is 12.1. The van der Waals surface area contributed by atoms with E-state index in [1.807, 2.05) is 5.38 Å². The Kier molecular flexibility index (Phi) is 3.92. The number of aryl methyl sites for hydroxylation is 1. The molecule has 0 aliphatic heterocycles. The fraction of sp³-hybridized carbons (Fsp3) is 0.462. The lowest BCUT2D eigenvalue weighted by Gasteiger charge is -2.14. The number of carbonyl (C=O) groups is 1. The van der Waals surface area contributed by atoms with Gasteiger partial charge >= 0.3 is 0 Å². The summed E-state index contributed by atoms with van der Waals surface area (Å²) in [5.41, 5.74) is 7.50. The maximum absolute atomic E-state index is 12.1. The highest BCUT2D eigenvalue weighted by atomic mass is 32.1. The molecule has 0 aromatic carbocycles. The number of nitrogens with two attached hydrogens (primary N) is 1. The first-order chi connectivity index (χ1) is 9.27. The Balaban J connectivity index is 2.06. The smallest absolute Gasteiger partial charge is 0.247 e. The molecule has 0 saturated heterocycles. The largest absolute Gasteiger partial charge is 0.316 e. The Morgan fingerprint density at radius 2 is 2.20 bits per heavy atom. The lowest BCUT2D eigenvalue weighted by atomic mass is 9.93. The van der Waals surface area contributed by atoms with E-state index in [-0.39, 0.29) is 11.3 Å². The highest BCUT2D eigenvalue weighted by Crippen LogP contribution is 2.26. The van der Waals surface area contributed by atoms with Gasteiger partial charge in [0.2, 0.25) is 5.91 Å². The first-order valence-electron chi connectivity index (χ1n) is 6.28. The second kappa shape index (κ2) is 5.34. The molecule has 0 aliphatic carbocycles. The third kappa shape index (κ3) is 3.23. The molecule has 1 unspecified atom stereocenters. The van der Waals surface area contributed by atoms with Crippen LogP contribution in [0.2, 0.25) is 0 Å². The van der Waals surface area contributed by atoms with Crippen LogP contribution in [0.15, 0.2) is 17.8 Å². The van der Waals surface area contributed by atoms with E-state index in [1.165, 1.54) is 11.3 Å². The predicted octanol–water partition coefficient (Wildman–Crippen LogP) is 1.81. The average molecular weight is 293 g/mol. The van der Waals surface area contributed by atoms with Gasteiger partial charge in [0, 0.05) is 29.6 Å². The highest BCUT2D eigenvalue weighted by Gasteiger charge is 2.21. The summed E-state index contributed by atoms with van der Waals surface area (Å²) in [6.45, 7) is 6.24. The summed E-state index contributed by atoms with van der Waals surface area (Å²) in [5.74, 6) is -0.284. The van der Waals surface area contributed by atoms with E-state index in [2.05, 4.69) is 36.2 Å². The fourth-order valence-electron chi connectivity index (χ4n) is 1.61. The van der Waals surface area contributed by atoms with Crippen molar-refractivity contribution in [1.82, 2.24) is 14.8 Å². The van der Waals surface area contributed by atoms with Crippen molar-refractivity contribution in [2.45, 2.75) is 32.2 Å². The molecule has 6 nitrogen and oxygen atoms in total. The van der Waals surface area contributed by atoms with Gasteiger partial charge in [-0.1, -0.05) is 20.8 Å². The van der Waals surface area contributed by atoms with E-state index >= 15 is 0 Å². The van der Waals surface area contributed by atoms with Crippen LogP contribution in [-0.2, 0) is 17.3 Å². The molecule has 2 heterocycles. The van der Waals surface area contributed by atoms with Crippen LogP contribution < -0.4 is 11.1 Å². The minimum atomic E-state index is -0.745. The maximum Gasteiger partial charge on any atom is 0.247 e. The molecular weight excluding hydrogens is 274 g/mol. The van der Waals surface area contributed by atoms with Crippen molar-refractivity contribution in [2.24, 2.45) is 12.8 Å². The number of hydrogen-bond acceptors (Lipinski definition) is 5. The third-order valence-electron chi connectivity index (χ3n) is 2.87. The van der Waals surface area contributed by atoms with Gasteiger partial charge in [0.1, 0.15) is 6.04 Å². The minimum Gasteiger partial charge on any atom is -0.316 e. The van der Waals surface area contributed by atoms with Gasteiger partial charge < -0.3 is 11.1 Å². The number of thiazole rings is 1. The second-order valence-corrected chi connectivity index (χ2v) is 6.56. The van der Waals surface area contributed by atoms with Crippen molar-refractivity contribution < 1.29 is 4.79 Å². The van der Waals surface area contributed by atoms with E-state index < -0.39 is 6.04 Å². The molecular formula is C13H19N5OS. The molecule has 108 valence electrons. The highest BCUT2D eigenvalue weighted by molar-refractivity contribution is 7.13. The van der Waals surface area contributed by atoms with Crippen LogP contribution in [0.3, 0.4) is 0 Å². The normalized spacial score (nSPS) is 13.2. The van der Waals surface area contributed by atoms with Gasteiger partial charge in [-0.15, -0.1) is 11.3 Å². The Hall–Kier alpha value is -1.73. The summed E-state index contributed by atoms with van der Waals surface area (Å²) in [5, 5.41) is 9.27. The van der Waals surface area contributed by atoms with E-state index in [0.29, 0.717) is 10.7 Å². The number of aromatic nitrogens is 3. The van der Waals surface area contributed by atoms with E-state index in [1.54, 1.807) is 24.1 Å². The molecule has 0 spiro atoms. The number of hydrogen-bond donors (Lipinski definition) is 2. The zero-order valence-corrected chi connectivity index (χ0v) is 12.9. The molecule has 7 heteroatoms. The summed E-state index contributed by atoms with van der Waals surface area (Å²) >= 11 is 1.40. The lowest BCUT2D eigenvalue weighted by Crippen LogP contribution is -2.27. The molecule has 0 aliphatic rings. The van der Waals surface area contributed by atoms with Crippen LogP contribution >= 0.6 is 11.3 Å². The molecule has 0 saturated carbocycles. The summed E-state index contributed by atoms with van der Waals surface area (Å²) in [7, 11) is 1.78. The Morgan fingerprint density at radius 3 is 2.70 bits per heavy atom. The molecule has 1 atom stereocenters. The van der Waals surface area contributed by atoms with Crippen molar-refractivity contribution >= 4 is 22.4 Å². The molecule has 1 amide bonds. The van der Waals surface area contributed by atoms with E-state index in [4.69, 9.17) is 5.73 Å². The summed E-state index contributed by atoms with van der Waals surface area (Å²) in [4.78, 5) is 16.5. The van der Waals surface area contributed by atoms with E-state index in [0.717, 1.165) is 5.69 Å². The van der Waals surface area contributed by atoms with Crippen LogP contribution in [0.5, 0.6) is 0 Å². The Morgan fingerprint density at radius 1 is 1.50 bits per heavy atom. The summed E-state index contributed by atoms with van der Waals surface area (Å²) in [6.07, 6.45) is 3.32. The van der Waals surface area contributed by atoms with Crippen LogP contribution in [0.4, 0.5) is 5.13 Å². The van der Waals surface area contributed by atoms with Gasteiger partial charge in [0.05, 0.1) is 11.9 Å². The molecule has 0 radical (unpaired) electrons. The molecule has 0 bridgehead atoms. The number of carbonyl (C=O) groups excluding carboxylic acids is 1. The first-order valence-corrected chi connectivity index (χ1v) is 7.16. The van der Waals surface area contributed by atoms with Crippen LogP contribution in [-0.4, -0.2) is 20.7 Å². The van der Waals surface area contributed by atoms with Crippen molar-refractivity contribution in [1.29, 1.82) is 0 Å². The number of nitrogens with one attached hydrogen (secondary N) is 1. The van der Waals surface area contributed by atoms with Crippen LogP contribution in [0.1, 0.15) is 38.1 Å². The minimum absolute atomic E-state index is 0.0368. The molecule has 2 aromatic rings. The molecule has 2 rings (SSSR count). The second-order valence-electron chi connectivity index (χ2n) is 5.70. The number of amides is 1. The third-order valence-corrected chi connectivity index (χ3v) is 3.63. The van der Waals surface area contributed by atoms with Crippen LogP contribution in [0.25, 0.3) is 0 Å². The summed E-state index contributed by atoms with van der Waals surface area (Å²) in [6, 6.07) is -0.745. The van der Waals surface area contributed by atoms with Crippen molar-refractivity contribution in [3.8, 4) is 0 Å². The SMILES string of the molecule is Cn1cc(C(N)C(=O)Nc2nc(C(C)(C)C)cs2)cn1. The van der Waals surface area contributed by atoms with Gasteiger partial charge in [0.25, 0.3) is 0 Å². The monoisotopic (exact) mass is 293 g/mol. The van der Waals surface area contributed by atoms with Gasteiger partial charge in [-0.2, -0.15) is 5.10 Å². The zero-order chi connectivity index (χ0) is 14.9. The van der Waals surface area contributed by atoms with Gasteiger partial charge in [0.15, 0.2) is 5.13 Å². The lowest BCUT2D eigenvalue weighted by molar-refractivity contribution is -0.117. The molecule has 2 aromatic heterocycles. The van der Waals surface area contributed by atoms with E-state index in [9.17, 15) is 4.79 Å². The van der Waals surface area contributed by atoms with Crippen molar-refractivity contribution in [3.05, 3.63) is 29.0 Å².